The zero-order chi connectivity index (χ0) is 14.8. The number of aromatic nitrogens is 5. The van der Waals surface area contributed by atoms with E-state index in [0.29, 0.717) is 11.1 Å². The summed E-state index contributed by atoms with van der Waals surface area (Å²) in [5.41, 5.74) is 6.81. The molecule has 2 aromatic rings. The van der Waals surface area contributed by atoms with Crippen LogP contribution in [0.3, 0.4) is 0 Å². The van der Waals surface area contributed by atoms with E-state index in [9.17, 15) is 0 Å². The molecule has 8 heteroatoms. The third-order valence-corrected chi connectivity index (χ3v) is 4.37. The largest absolute Gasteiger partial charge is 0.368 e. The highest BCUT2D eigenvalue weighted by Gasteiger charge is 2.16. The number of anilines is 2. The Morgan fingerprint density at radius 3 is 2.57 bits per heavy atom. The van der Waals surface area contributed by atoms with Gasteiger partial charge in [-0.25, -0.2) is 0 Å². The van der Waals surface area contributed by atoms with Crippen LogP contribution in [0.1, 0.15) is 25.0 Å². The smallest absolute Gasteiger partial charge is 0.231 e. The van der Waals surface area contributed by atoms with Crippen molar-refractivity contribution in [2.75, 3.05) is 23.7 Å². The molecule has 0 saturated carbocycles. The van der Waals surface area contributed by atoms with Gasteiger partial charge in [0, 0.05) is 20.1 Å². The van der Waals surface area contributed by atoms with Gasteiger partial charge in [-0.2, -0.15) is 20.1 Å². The van der Waals surface area contributed by atoms with E-state index in [1.54, 1.807) is 0 Å². The Morgan fingerprint density at radius 2 is 1.90 bits per heavy atom. The van der Waals surface area contributed by atoms with Crippen molar-refractivity contribution in [3.8, 4) is 0 Å². The van der Waals surface area contributed by atoms with Crippen LogP contribution in [-0.2, 0) is 7.05 Å². The molecule has 1 saturated heterocycles. The van der Waals surface area contributed by atoms with Crippen molar-refractivity contribution >= 4 is 23.7 Å². The Kier molecular flexibility index (Phi) is 3.96. The first-order chi connectivity index (χ1) is 10.1. The van der Waals surface area contributed by atoms with Gasteiger partial charge in [0.15, 0.2) is 0 Å². The molecule has 1 aliphatic rings. The lowest BCUT2D eigenvalue weighted by atomic mass is 10.1. The maximum absolute atomic E-state index is 5.84. The highest BCUT2D eigenvalue weighted by Crippen LogP contribution is 2.27. The van der Waals surface area contributed by atoms with Crippen molar-refractivity contribution in [1.29, 1.82) is 0 Å². The van der Waals surface area contributed by atoms with Gasteiger partial charge in [0.2, 0.25) is 17.1 Å². The maximum Gasteiger partial charge on any atom is 0.231 e. The first-order valence-corrected chi connectivity index (χ1v) is 7.88. The molecule has 0 aliphatic carbocycles. The molecule has 0 amide bonds. The van der Waals surface area contributed by atoms with Crippen LogP contribution in [0.4, 0.5) is 11.9 Å². The van der Waals surface area contributed by atoms with E-state index in [2.05, 4.69) is 25.0 Å². The molecule has 1 aliphatic heterocycles. The number of aryl methyl sites for hydroxylation is 2. The van der Waals surface area contributed by atoms with Gasteiger partial charge >= 0.3 is 0 Å². The summed E-state index contributed by atoms with van der Waals surface area (Å²) in [4.78, 5) is 15.2. The summed E-state index contributed by atoms with van der Waals surface area (Å²) >= 11 is 1.46. The molecule has 0 bridgehead atoms. The summed E-state index contributed by atoms with van der Waals surface area (Å²) in [6.45, 7) is 3.93. The number of nitrogens with zero attached hydrogens (tertiary/aromatic N) is 6. The number of hydrogen-bond donors (Lipinski definition) is 1. The van der Waals surface area contributed by atoms with Gasteiger partial charge in [-0.15, -0.1) is 0 Å². The zero-order valence-electron chi connectivity index (χ0n) is 12.3. The standard InChI is InChI=1S/C13H19N7S/c1-9-8-10(19(2)18-9)21-13-16-11(14)15-12(17-13)20-6-4-3-5-7-20/h8H,3-7H2,1-2H3,(H2,14,15,16,17). The first-order valence-electron chi connectivity index (χ1n) is 7.07. The van der Waals surface area contributed by atoms with Crippen LogP contribution >= 0.6 is 11.8 Å². The zero-order valence-corrected chi connectivity index (χ0v) is 13.1. The lowest BCUT2D eigenvalue weighted by molar-refractivity contribution is 0.565. The lowest BCUT2D eigenvalue weighted by Crippen LogP contribution is -2.31. The monoisotopic (exact) mass is 305 g/mol. The summed E-state index contributed by atoms with van der Waals surface area (Å²) in [7, 11) is 1.91. The highest BCUT2D eigenvalue weighted by molar-refractivity contribution is 7.99. The minimum Gasteiger partial charge on any atom is -0.368 e. The Morgan fingerprint density at radius 1 is 1.14 bits per heavy atom. The fraction of sp³-hybridized carbons (Fsp3) is 0.538. The fourth-order valence-corrected chi connectivity index (χ4v) is 3.27. The van der Waals surface area contributed by atoms with E-state index in [1.807, 2.05) is 24.7 Å². The molecule has 0 radical (unpaired) electrons. The Balaban J connectivity index is 1.85. The summed E-state index contributed by atoms with van der Waals surface area (Å²) in [6.07, 6.45) is 3.62. The van der Waals surface area contributed by atoms with Gasteiger partial charge in [0.05, 0.1) is 5.69 Å². The second-order valence-corrected chi connectivity index (χ2v) is 6.16. The molecule has 3 heterocycles. The van der Waals surface area contributed by atoms with Gasteiger partial charge in [-0.3, -0.25) is 4.68 Å². The van der Waals surface area contributed by atoms with Crippen molar-refractivity contribution < 1.29 is 0 Å². The van der Waals surface area contributed by atoms with Crippen LogP contribution in [0.2, 0.25) is 0 Å². The molecular weight excluding hydrogens is 286 g/mol. The lowest BCUT2D eigenvalue weighted by Gasteiger charge is -2.26. The van der Waals surface area contributed by atoms with E-state index < -0.39 is 0 Å². The number of nitrogen functional groups attached to an aromatic ring is 1. The van der Waals surface area contributed by atoms with E-state index in [0.717, 1.165) is 23.8 Å². The van der Waals surface area contributed by atoms with Crippen LogP contribution in [-0.4, -0.2) is 37.8 Å². The predicted octanol–water partition coefficient (Wildman–Crippen LogP) is 1.64. The van der Waals surface area contributed by atoms with Crippen molar-refractivity contribution in [3.05, 3.63) is 11.8 Å². The van der Waals surface area contributed by atoms with Gasteiger partial charge < -0.3 is 10.6 Å². The molecule has 21 heavy (non-hydrogen) atoms. The van der Waals surface area contributed by atoms with E-state index in [1.165, 1.54) is 31.0 Å². The number of rotatable bonds is 3. The predicted molar refractivity (Wildman–Crippen MR) is 82.4 cm³/mol. The molecule has 3 rings (SSSR count). The van der Waals surface area contributed by atoms with Crippen molar-refractivity contribution in [2.45, 2.75) is 36.4 Å². The molecule has 112 valence electrons. The second-order valence-electron chi connectivity index (χ2n) is 5.17. The Bertz CT molecular complexity index is 633. The third-order valence-electron chi connectivity index (χ3n) is 3.41. The van der Waals surface area contributed by atoms with E-state index in [4.69, 9.17) is 5.73 Å². The number of piperidine rings is 1. The second kappa shape index (κ2) is 5.88. The van der Waals surface area contributed by atoms with Crippen molar-refractivity contribution in [2.24, 2.45) is 7.05 Å². The van der Waals surface area contributed by atoms with E-state index in [-0.39, 0.29) is 5.95 Å². The normalized spacial score (nSPS) is 15.4. The summed E-state index contributed by atoms with van der Waals surface area (Å²) in [6, 6.07) is 2.01. The van der Waals surface area contributed by atoms with Crippen molar-refractivity contribution in [1.82, 2.24) is 24.7 Å². The van der Waals surface area contributed by atoms with Crippen LogP contribution < -0.4 is 10.6 Å². The van der Waals surface area contributed by atoms with Crippen LogP contribution in [0, 0.1) is 6.92 Å². The van der Waals surface area contributed by atoms with Crippen molar-refractivity contribution in [3.63, 3.8) is 0 Å². The average molecular weight is 305 g/mol. The van der Waals surface area contributed by atoms with Crippen LogP contribution in [0.15, 0.2) is 16.2 Å². The molecule has 0 spiro atoms. The van der Waals surface area contributed by atoms with Gasteiger partial charge in [0.1, 0.15) is 5.03 Å². The number of hydrogen-bond acceptors (Lipinski definition) is 7. The van der Waals surface area contributed by atoms with E-state index >= 15 is 0 Å². The topological polar surface area (TPSA) is 85.8 Å². The minimum absolute atomic E-state index is 0.270. The molecule has 0 atom stereocenters. The van der Waals surface area contributed by atoms with Gasteiger partial charge in [0.25, 0.3) is 0 Å². The molecule has 2 aromatic heterocycles. The summed E-state index contributed by atoms with van der Waals surface area (Å²) < 4.78 is 1.82. The molecular formula is C13H19N7S. The molecule has 7 nitrogen and oxygen atoms in total. The third kappa shape index (κ3) is 3.26. The molecule has 0 unspecified atom stereocenters. The van der Waals surface area contributed by atoms with Gasteiger partial charge in [-0.1, -0.05) is 0 Å². The van der Waals surface area contributed by atoms with Crippen LogP contribution in [0.25, 0.3) is 0 Å². The summed E-state index contributed by atoms with van der Waals surface area (Å²) in [5, 5.41) is 5.93. The first kappa shape index (κ1) is 14.1. The SMILES string of the molecule is Cc1cc(Sc2nc(N)nc(N3CCCCC3)n2)n(C)n1. The maximum atomic E-state index is 5.84. The Hall–Kier alpha value is -1.83. The summed E-state index contributed by atoms with van der Waals surface area (Å²) in [5.74, 6) is 0.954. The number of nitrogens with two attached hydrogens (primary N) is 1. The molecule has 1 fully saturated rings. The fourth-order valence-electron chi connectivity index (χ4n) is 2.42. The highest BCUT2D eigenvalue weighted by atomic mass is 32.2. The molecule has 2 N–H and O–H groups in total. The Labute approximate surface area is 128 Å². The average Bonchev–Trinajstić information content (AvgIpc) is 2.77. The minimum atomic E-state index is 0.270. The van der Waals surface area contributed by atoms with Gasteiger partial charge in [-0.05, 0) is 44.0 Å². The quantitative estimate of drug-likeness (QED) is 0.922. The molecule has 0 aromatic carbocycles. The van der Waals surface area contributed by atoms with Crippen LogP contribution in [0.5, 0.6) is 0 Å².